The summed E-state index contributed by atoms with van der Waals surface area (Å²) in [5, 5.41) is 0.573. The van der Waals surface area contributed by atoms with Crippen LogP contribution in [0.15, 0.2) is 24.3 Å². The lowest BCUT2D eigenvalue weighted by Gasteiger charge is -2.32. The maximum absolute atomic E-state index is 12.3. The predicted molar refractivity (Wildman–Crippen MR) is 76.9 cm³/mol. The monoisotopic (exact) mass is 282 g/mol. The number of rotatable bonds is 2. The molecule has 1 atom stereocenters. The predicted octanol–water partition coefficient (Wildman–Crippen LogP) is 2.48. The Morgan fingerprint density at radius 3 is 2.94 bits per heavy atom. The van der Waals surface area contributed by atoms with Crippen molar-refractivity contribution in [3.8, 4) is 0 Å². The maximum Gasteiger partial charge on any atom is 0.253 e. The Morgan fingerprint density at radius 2 is 2.28 bits per heavy atom. The van der Waals surface area contributed by atoms with Crippen LogP contribution in [-0.4, -0.2) is 28.9 Å². The number of hydrogen-bond donors (Lipinski definition) is 1. The summed E-state index contributed by atoms with van der Waals surface area (Å²) in [5.41, 5.74) is 6.28. The molecule has 0 bridgehead atoms. The van der Waals surface area contributed by atoms with Crippen molar-refractivity contribution in [2.75, 3.05) is 13.1 Å². The van der Waals surface area contributed by atoms with E-state index in [0.717, 1.165) is 19.4 Å². The molecular formula is C13H15ClN2OS. The van der Waals surface area contributed by atoms with Crippen LogP contribution in [0.25, 0.3) is 0 Å². The van der Waals surface area contributed by atoms with E-state index in [1.165, 1.54) is 0 Å². The number of carbonyl (C=O) groups excluding carboxylic acids is 1. The van der Waals surface area contributed by atoms with E-state index in [0.29, 0.717) is 22.1 Å². The van der Waals surface area contributed by atoms with Gasteiger partial charge in [-0.25, -0.2) is 0 Å². The number of hydrogen-bond acceptors (Lipinski definition) is 2. The molecule has 5 heteroatoms. The molecule has 0 radical (unpaired) electrons. The van der Waals surface area contributed by atoms with Crippen molar-refractivity contribution in [3.05, 3.63) is 34.9 Å². The summed E-state index contributed by atoms with van der Waals surface area (Å²) in [4.78, 5) is 14.6. The molecule has 3 nitrogen and oxygen atoms in total. The van der Waals surface area contributed by atoms with E-state index in [2.05, 4.69) is 0 Å². The summed E-state index contributed by atoms with van der Waals surface area (Å²) in [6, 6.07) is 7.00. The third-order valence-corrected chi connectivity index (χ3v) is 3.75. The molecule has 1 aliphatic heterocycles. The highest BCUT2D eigenvalue weighted by Gasteiger charge is 2.25. The first-order valence-electron chi connectivity index (χ1n) is 5.92. The first-order chi connectivity index (χ1) is 8.58. The molecule has 18 heavy (non-hydrogen) atoms. The highest BCUT2D eigenvalue weighted by Crippen LogP contribution is 2.20. The van der Waals surface area contributed by atoms with E-state index in [4.69, 9.17) is 29.6 Å². The molecule has 1 heterocycles. The van der Waals surface area contributed by atoms with Crippen LogP contribution < -0.4 is 5.73 Å². The Bertz CT molecular complexity index is 478. The smallest absolute Gasteiger partial charge is 0.253 e. The van der Waals surface area contributed by atoms with Crippen molar-refractivity contribution in [2.24, 2.45) is 11.7 Å². The lowest BCUT2D eigenvalue weighted by molar-refractivity contribution is 0.0703. The molecule has 1 fully saturated rings. The molecule has 1 amide bonds. The van der Waals surface area contributed by atoms with E-state index in [1.54, 1.807) is 29.2 Å². The van der Waals surface area contributed by atoms with Crippen LogP contribution in [0.2, 0.25) is 5.02 Å². The Balaban J connectivity index is 2.11. The van der Waals surface area contributed by atoms with E-state index in [1.807, 2.05) is 0 Å². The van der Waals surface area contributed by atoms with Crippen molar-refractivity contribution in [2.45, 2.75) is 12.8 Å². The molecule has 1 aliphatic rings. The SMILES string of the molecule is NC(=S)C1CCCN(C(=O)c2cccc(Cl)c2)C1. The van der Waals surface area contributed by atoms with Gasteiger partial charge in [0.05, 0.1) is 4.99 Å². The average molecular weight is 283 g/mol. The van der Waals surface area contributed by atoms with Gasteiger partial charge in [-0.2, -0.15) is 0 Å². The second-order valence-electron chi connectivity index (χ2n) is 4.50. The summed E-state index contributed by atoms with van der Waals surface area (Å²) >= 11 is 10.9. The van der Waals surface area contributed by atoms with E-state index in [9.17, 15) is 4.79 Å². The van der Waals surface area contributed by atoms with E-state index >= 15 is 0 Å². The standard InChI is InChI=1S/C13H15ClN2OS/c14-11-5-1-3-9(7-11)13(17)16-6-2-4-10(8-16)12(15)18/h1,3,5,7,10H,2,4,6,8H2,(H2,15,18). The zero-order valence-corrected chi connectivity index (χ0v) is 11.5. The van der Waals surface area contributed by atoms with Gasteiger partial charge in [-0.1, -0.05) is 29.9 Å². The quantitative estimate of drug-likeness (QED) is 0.848. The molecule has 0 saturated carbocycles. The summed E-state index contributed by atoms with van der Waals surface area (Å²) in [7, 11) is 0. The molecule has 2 rings (SSSR count). The zero-order valence-electron chi connectivity index (χ0n) is 9.93. The van der Waals surface area contributed by atoms with Crippen LogP contribution in [0.3, 0.4) is 0 Å². The highest BCUT2D eigenvalue weighted by molar-refractivity contribution is 7.80. The minimum absolute atomic E-state index is 0.00144. The van der Waals surface area contributed by atoms with Gasteiger partial charge in [0.2, 0.25) is 0 Å². The normalized spacial score (nSPS) is 19.6. The van der Waals surface area contributed by atoms with Crippen LogP contribution in [0.4, 0.5) is 0 Å². The number of piperidine rings is 1. The molecular weight excluding hydrogens is 268 g/mol. The molecule has 1 aromatic rings. The van der Waals surface area contributed by atoms with Gasteiger partial charge in [0, 0.05) is 29.6 Å². The van der Waals surface area contributed by atoms with Gasteiger partial charge in [0.15, 0.2) is 0 Å². The summed E-state index contributed by atoms with van der Waals surface area (Å²) < 4.78 is 0. The molecule has 0 aromatic heterocycles. The molecule has 0 spiro atoms. The number of nitrogens with two attached hydrogens (primary N) is 1. The lowest BCUT2D eigenvalue weighted by Crippen LogP contribution is -2.43. The van der Waals surface area contributed by atoms with Crippen molar-refractivity contribution in [1.29, 1.82) is 0 Å². The van der Waals surface area contributed by atoms with Crippen LogP contribution in [-0.2, 0) is 0 Å². The van der Waals surface area contributed by atoms with Crippen molar-refractivity contribution >= 4 is 34.7 Å². The minimum atomic E-state index is -0.00144. The Morgan fingerprint density at radius 1 is 1.50 bits per heavy atom. The average Bonchev–Trinajstić information content (AvgIpc) is 2.38. The fourth-order valence-corrected chi connectivity index (χ4v) is 2.58. The number of amides is 1. The summed E-state index contributed by atoms with van der Waals surface area (Å²) in [6.07, 6.45) is 1.91. The highest BCUT2D eigenvalue weighted by atomic mass is 35.5. The van der Waals surface area contributed by atoms with E-state index < -0.39 is 0 Å². The van der Waals surface area contributed by atoms with Crippen LogP contribution in [0.1, 0.15) is 23.2 Å². The third-order valence-electron chi connectivity index (χ3n) is 3.18. The summed E-state index contributed by atoms with van der Waals surface area (Å²) in [5.74, 6) is 0.135. The fourth-order valence-electron chi connectivity index (χ4n) is 2.20. The van der Waals surface area contributed by atoms with Gasteiger partial charge in [-0.3, -0.25) is 4.79 Å². The Hall–Kier alpha value is -1.13. The topological polar surface area (TPSA) is 46.3 Å². The lowest BCUT2D eigenvalue weighted by atomic mass is 9.97. The van der Waals surface area contributed by atoms with Crippen LogP contribution in [0.5, 0.6) is 0 Å². The molecule has 1 aromatic carbocycles. The van der Waals surface area contributed by atoms with Crippen molar-refractivity contribution < 1.29 is 4.79 Å². The summed E-state index contributed by atoms with van der Waals surface area (Å²) in [6.45, 7) is 1.37. The maximum atomic E-state index is 12.3. The minimum Gasteiger partial charge on any atom is -0.393 e. The number of benzene rings is 1. The van der Waals surface area contributed by atoms with Gasteiger partial charge in [0.25, 0.3) is 5.91 Å². The molecule has 1 unspecified atom stereocenters. The van der Waals surface area contributed by atoms with Gasteiger partial charge < -0.3 is 10.6 Å². The van der Waals surface area contributed by atoms with Crippen molar-refractivity contribution in [3.63, 3.8) is 0 Å². The van der Waals surface area contributed by atoms with E-state index in [-0.39, 0.29) is 11.8 Å². The molecule has 96 valence electrons. The van der Waals surface area contributed by atoms with Gasteiger partial charge in [-0.15, -0.1) is 0 Å². The number of likely N-dealkylation sites (tertiary alicyclic amines) is 1. The number of nitrogens with zero attached hydrogens (tertiary/aromatic N) is 1. The van der Waals surface area contributed by atoms with Gasteiger partial charge >= 0.3 is 0 Å². The van der Waals surface area contributed by atoms with Gasteiger partial charge in [0.1, 0.15) is 0 Å². The Labute approximate surface area is 117 Å². The second kappa shape index (κ2) is 5.67. The first-order valence-corrected chi connectivity index (χ1v) is 6.70. The second-order valence-corrected chi connectivity index (χ2v) is 5.41. The first kappa shape index (κ1) is 13.3. The number of halogens is 1. The van der Waals surface area contributed by atoms with Crippen LogP contribution in [0, 0.1) is 5.92 Å². The fraction of sp³-hybridized carbons (Fsp3) is 0.385. The van der Waals surface area contributed by atoms with Gasteiger partial charge in [-0.05, 0) is 31.0 Å². The number of thiocarbonyl (C=S) groups is 1. The molecule has 2 N–H and O–H groups in total. The third kappa shape index (κ3) is 3.00. The molecule has 0 aliphatic carbocycles. The zero-order chi connectivity index (χ0) is 13.1. The largest absolute Gasteiger partial charge is 0.393 e. The Kier molecular flexibility index (Phi) is 4.19. The van der Waals surface area contributed by atoms with Crippen LogP contribution >= 0.6 is 23.8 Å². The van der Waals surface area contributed by atoms with Crippen molar-refractivity contribution in [1.82, 2.24) is 4.90 Å². The number of carbonyl (C=O) groups is 1. The molecule has 1 saturated heterocycles.